The van der Waals surface area contributed by atoms with E-state index < -0.39 is 0 Å². The number of fused-ring (bicyclic) bond motifs is 1. The van der Waals surface area contributed by atoms with E-state index in [2.05, 4.69) is 37.3 Å². The molecule has 0 radical (unpaired) electrons. The van der Waals surface area contributed by atoms with Crippen molar-refractivity contribution in [2.24, 2.45) is 11.8 Å². The lowest BCUT2D eigenvalue weighted by Crippen LogP contribution is -2.36. The van der Waals surface area contributed by atoms with Crippen LogP contribution < -0.4 is 0 Å². The van der Waals surface area contributed by atoms with Crippen molar-refractivity contribution in [1.82, 2.24) is 0 Å². The van der Waals surface area contributed by atoms with Gasteiger partial charge in [-0.1, -0.05) is 30.3 Å². The second kappa shape index (κ2) is 2.70. The van der Waals surface area contributed by atoms with Crippen molar-refractivity contribution in [1.29, 1.82) is 0 Å². The first-order chi connectivity index (χ1) is 7.72. The van der Waals surface area contributed by atoms with Gasteiger partial charge in [-0.15, -0.1) is 0 Å². The van der Waals surface area contributed by atoms with Crippen molar-refractivity contribution in [2.75, 3.05) is 0 Å². The smallest absolute Gasteiger partial charge is 0.0970 e. The molecule has 2 aliphatic carbocycles. The standard InChI is InChI=1S/C15H18O/c1-14-9-11-7-8-15(16-14,13(11)10-14)12-5-3-2-4-6-12/h2-6,11,13H,7-10H2,1H3/t11-,13+,14-,15?/m1/s1. The summed E-state index contributed by atoms with van der Waals surface area (Å²) in [7, 11) is 0. The van der Waals surface area contributed by atoms with Gasteiger partial charge in [0.1, 0.15) is 0 Å². The van der Waals surface area contributed by atoms with Crippen molar-refractivity contribution in [2.45, 2.75) is 43.8 Å². The van der Waals surface area contributed by atoms with E-state index in [0.29, 0.717) is 0 Å². The molecule has 84 valence electrons. The van der Waals surface area contributed by atoms with Crippen LogP contribution in [0.3, 0.4) is 0 Å². The van der Waals surface area contributed by atoms with Gasteiger partial charge >= 0.3 is 0 Å². The zero-order valence-corrected chi connectivity index (χ0v) is 9.78. The fourth-order valence-corrected chi connectivity index (χ4v) is 4.63. The number of benzene rings is 1. The average molecular weight is 214 g/mol. The number of hydrogen-bond acceptors (Lipinski definition) is 1. The first-order valence-electron chi connectivity index (χ1n) is 6.48. The maximum absolute atomic E-state index is 6.51. The highest BCUT2D eigenvalue weighted by atomic mass is 16.5. The van der Waals surface area contributed by atoms with E-state index in [4.69, 9.17) is 4.74 Å². The minimum absolute atomic E-state index is 0.0823. The zero-order chi connectivity index (χ0) is 10.8. The van der Waals surface area contributed by atoms with Crippen LogP contribution in [0.5, 0.6) is 0 Å². The molecule has 0 N–H and O–H groups in total. The summed E-state index contributed by atoms with van der Waals surface area (Å²) in [5.41, 5.74) is 1.69. The van der Waals surface area contributed by atoms with Gasteiger partial charge in [0.15, 0.2) is 0 Å². The van der Waals surface area contributed by atoms with Crippen molar-refractivity contribution in [3.05, 3.63) is 35.9 Å². The third-order valence-corrected chi connectivity index (χ3v) is 5.09. The van der Waals surface area contributed by atoms with E-state index >= 15 is 0 Å². The van der Waals surface area contributed by atoms with Gasteiger partial charge in [0.2, 0.25) is 0 Å². The highest BCUT2D eigenvalue weighted by molar-refractivity contribution is 5.30. The third-order valence-electron chi connectivity index (χ3n) is 5.09. The largest absolute Gasteiger partial charge is 0.364 e. The van der Waals surface area contributed by atoms with E-state index in [-0.39, 0.29) is 11.2 Å². The second-order valence-electron chi connectivity index (χ2n) is 6.12. The Morgan fingerprint density at radius 2 is 2.00 bits per heavy atom. The molecule has 1 nitrogen and oxygen atoms in total. The second-order valence-corrected chi connectivity index (χ2v) is 6.12. The molecule has 4 rings (SSSR count). The summed E-state index contributed by atoms with van der Waals surface area (Å²) in [6, 6.07) is 10.9. The Morgan fingerprint density at radius 1 is 1.19 bits per heavy atom. The minimum atomic E-state index is 0.0823. The minimum Gasteiger partial charge on any atom is -0.364 e. The Morgan fingerprint density at radius 3 is 2.75 bits per heavy atom. The van der Waals surface area contributed by atoms with E-state index in [1.807, 2.05) is 0 Å². The van der Waals surface area contributed by atoms with Crippen LogP contribution in [0, 0.1) is 11.8 Å². The summed E-state index contributed by atoms with van der Waals surface area (Å²) < 4.78 is 6.51. The molecule has 1 heteroatoms. The average Bonchev–Trinajstić information content (AvgIpc) is 2.83. The molecule has 2 bridgehead atoms. The van der Waals surface area contributed by atoms with Gasteiger partial charge in [-0.3, -0.25) is 0 Å². The van der Waals surface area contributed by atoms with Gasteiger partial charge in [-0.25, -0.2) is 0 Å². The maximum atomic E-state index is 6.51. The zero-order valence-electron chi connectivity index (χ0n) is 9.78. The molecule has 1 aliphatic heterocycles. The molecule has 0 amide bonds. The topological polar surface area (TPSA) is 9.23 Å². The summed E-state index contributed by atoms with van der Waals surface area (Å²) in [5, 5.41) is 0. The van der Waals surface area contributed by atoms with Crippen LogP contribution in [0.2, 0.25) is 0 Å². The van der Waals surface area contributed by atoms with Crippen molar-refractivity contribution < 1.29 is 4.74 Å². The maximum Gasteiger partial charge on any atom is 0.0970 e. The summed E-state index contributed by atoms with van der Waals surface area (Å²) >= 11 is 0. The first kappa shape index (κ1) is 9.23. The molecule has 3 fully saturated rings. The molecule has 1 aromatic carbocycles. The number of ether oxygens (including phenoxy) is 1. The molecular formula is C15H18O. The third kappa shape index (κ3) is 0.958. The molecule has 16 heavy (non-hydrogen) atoms. The van der Waals surface area contributed by atoms with Crippen LogP contribution in [0.4, 0.5) is 0 Å². The van der Waals surface area contributed by atoms with E-state index in [1.54, 1.807) is 0 Å². The molecule has 0 spiro atoms. The van der Waals surface area contributed by atoms with Crippen LogP contribution in [-0.4, -0.2) is 5.60 Å². The fraction of sp³-hybridized carbons (Fsp3) is 0.600. The monoisotopic (exact) mass is 214 g/mol. The van der Waals surface area contributed by atoms with Gasteiger partial charge in [0.05, 0.1) is 11.2 Å². The Labute approximate surface area is 96.8 Å². The lowest BCUT2D eigenvalue weighted by atomic mass is 9.82. The first-order valence-corrected chi connectivity index (χ1v) is 6.48. The molecule has 4 atom stereocenters. The van der Waals surface area contributed by atoms with E-state index in [1.165, 1.54) is 31.2 Å². The lowest BCUT2D eigenvalue weighted by molar-refractivity contribution is -0.128. The van der Waals surface area contributed by atoms with Gasteiger partial charge in [0.25, 0.3) is 0 Å². The van der Waals surface area contributed by atoms with E-state index in [0.717, 1.165) is 11.8 Å². The molecule has 1 unspecified atom stereocenters. The normalized spacial score (nSPS) is 48.8. The van der Waals surface area contributed by atoms with Crippen LogP contribution in [0.25, 0.3) is 0 Å². The highest BCUT2D eigenvalue weighted by Gasteiger charge is 2.65. The van der Waals surface area contributed by atoms with Crippen LogP contribution in [0.15, 0.2) is 30.3 Å². The van der Waals surface area contributed by atoms with Crippen molar-refractivity contribution in [3.8, 4) is 0 Å². The summed E-state index contributed by atoms with van der Waals surface area (Å²) in [6.45, 7) is 2.32. The molecule has 1 aromatic rings. The molecular weight excluding hydrogens is 196 g/mol. The summed E-state index contributed by atoms with van der Waals surface area (Å²) in [5.74, 6) is 1.72. The Bertz CT molecular complexity index is 426. The fourth-order valence-electron chi connectivity index (χ4n) is 4.63. The van der Waals surface area contributed by atoms with Crippen molar-refractivity contribution >= 4 is 0 Å². The summed E-state index contributed by atoms with van der Waals surface area (Å²) in [4.78, 5) is 0. The van der Waals surface area contributed by atoms with Crippen LogP contribution >= 0.6 is 0 Å². The Kier molecular flexibility index (Phi) is 1.56. The van der Waals surface area contributed by atoms with Crippen molar-refractivity contribution in [3.63, 3.8) is 0 Å². The predicted molar refractivity (Wildman–Crippen MR) is 63.1 cm³/mol. The molecule has 0 aromatic heterocycles. The van der Waals surface area contributed by atoms with Gasteiger partial charge in [-0.2, -0.15) is 0 Å². The Hall–Kier alpha value is -0.820. The van der Waals surface area contributed by atoms with Crippen LogP contribution in [-0.2, 0) is 10.3 Å². The molecule has 2 saturated carbocycles. The highest BCUT2D eigenvalue weighted by Crippen LogP contribution is 2.67. The quantitative estimate of drug-likeness (QED) is 0.695. The Balaban J connectivity index is 1.84. The van der Waals surface area contributed by atoms with Gasteiger partial charge in [0, 0.05) is 0 Å². The number of rotatable bonds is 1. The van der Waals surface area contributed by atoms with Crippen LogP contribution in [0.1, 0.15) is 38.2 Å². The van der Waals surface area contributed by atoms with Gasteiger partial charge in [-0.05, 0) is 50.0 Å². The lowest BCUT2D eigenvalue weighted by Gasteiger charge is -2.37. The molecule has 3 aliphatic rings. The molecule has 1 saturated heterocycles. The van der Waals surface area contributed by atoms with E-state index in [9.17, 15) is 0 Å². The SMILES string of the molecule is C[C@]12C[C@H]3CCC(c4ccccc4)(O1)[C@H]3C2. The van der Waals surface area contributed by atoms with Gasteiger partial charge < -0.3 is 4.74 Å². The number of hydrogen-bond donors (Lipinski definition) is 0. The predicted octanol–water partition coefficient (Wildman–Crippen LogP) is 3.49. The summed E-state index contributed by atoms with van der Waals surface area (Å²) in [6.07, 6.45) is 5.19. The molecule has 1 heterocycles.